The van der Waals surface area contributed by atoms with Crippen LogP contribution in [0.5, 0.6) is 0 Å². The molecule has 0 spiro atoms. The Bertz CT molecular complexity index is 847. The van der Waals surface area contributed by atoms with Gasteiger partial charge in [-0.25, -0.2) is 4.79 Å². The van der Waals surface area contributed by atoms with E-state index in [1.54, 1.807) is 43.3 Å². The summed E-state index contributed by atoms with van der Waals surface area (Å²) in [7, 11) is 3.55. The highest BCUT2D eigenvalue weighted by Crippen LogP contribution is 2.32. The Balaban J connectivity index is 1.72. The van der Waals surface area contributed by atoms with Crippen molar-refractivity contribution in [3.8, 4) is 0 Å². The number of hydrogen-bond donors (Lipinski definition) is 0. The molecule has 1 aromatic carbocycles. The second kappa shape index (κ2) is 11.4. The van der Waals surface area contributed by atoms with Crippen molar-refractivity contribution in [1.29, 1.82) is 0 Å². The third-order valence-electron chi connectivity index (χ3n) is 5.51. The molecule has 182 valence electrons. The van der Waals surface area contributed by atoms with Crippen molar-refractivity contribution in [3.63, 3.8) is 0 Å². The smallest absolute Gasteiger partial charge is 0.339 e. The molecule has 2 unspecified atom stereocenters. The summed E-state index contributed by atoms with van der Waals surface area (Å²) < 4.78 is 22.5. The van der Waals surface area contributed by atoms with Gasteiger partial charge in [-0.05, 0) is 33.0 Å². The lowest BCUT2D eigenvalue weighted by molar-refractivity contribution is -0.769. The van der Waals surface area contributed by atoms with E-state index in [9.17, 15) is 19.7 Å². The van der Waals surface area contributed by atoms with Gasteiger partial charge in [0.2, 0.25) is 0 Å². The van der Waals surface area contributed by atoms with E-state index in [0.29, 0.717) is 12.0 Å². The van der Waals surface area contributed by atoms with Gasteiger partial charge in [-0.3, -0.25) is 9.69 Å². The summed E-state index contributed by atoms with van der Waals surface area (Å²) in [5.41, 5.74) is 0.858. The lowest BCUT2D eigenvalue weighted by atomic mass is 9.98. The van der Waals surface area contributed by atoms with Gasteiger partial charge in [-0.1, -0.05) is 31.5 Å². The average molecular weight is 466 g/mol. The van der Waals surface area contributed by atoms with Crippen molar-refractivity contribution in [2.75, 3.05) is 33.9 Å². The van der Waals surface area contributed by atoms with Gasteiger partial charge in [0, 0.05) is 5.56 Å². The molecular weight excluding hydrogens is 436 g/mol. The zero-order chi connectivity index (χ0) is 24.0. The molecule has 0 N–H and O–H groups in total. The van der Waals surface area contributed by atoms with Gasteiger partial charge >= 0.3 is 11.9 Å². The van der Waals surface area contributed by atoms with Crippen LogP contribution in [0.2, 0.25) is 0 Å². The summed E-state index contributed by atoms with van der Waals surface area (Å²) in [4.78, 5) is 42.4. The fraction of sp³-hybridized carbons (Fsp3) is 0.636. The summed E-state index contributed by atoms with van der Waals surface area (Å²) in [6.45, 7) is 2.18. The molecule has 0 bridgehead atoms. The van der Waals surface area contributed by atoms with Crippen LogP contribution in [-0.4, -0.2) is 80.2 Å². The molecular formula is C22H30N2O9. The molecule has 1 aromatic rings. The molecule has 11 nitrogen and oxygen atoms in total. The van der Waals surface area contributed by atoms with Crippen molar-refractivity contribution in [1.82, 2.24) is 4.90 Å². The summed E-state index contributed by atoms with van der Waals surface area (Å²) in [5, 5.41) is 9.76. The van der Waals surface area contributed by atoms with Crippen LogP contribution in [0.1, 0.15) is 48.2 Å². The second-order valence-electron chi connectivity index (χ2n) is 8.35. The zero-order valence-corrected chi connectivity index (χ0v) is 19.0. The number of ether oxygens (including phenoxy) is 4. The first kappa shape index (κ1) is 24.9. The zero-order valence-electron chi connectivity index (χ0n) is 19.0. The Labute approximate surface area is 192 Å². The van der Waals surface area contributed by atoms with Crippen LogP contribution >= 0.6 is 0 Å². The molecule has 0 amide bonds. The number of benzene rings is 1. The van der Waals surface area contributed by atoms with Gasteiger partial charge in [0.05, 0.1) is 25.3 Å². The fourth-order valence-corrected chi connectivity index (χ4v) is 4.02. The van der Waals surface area contributed by atoms with Gasteiger partial charge in [-0.2, -0.15) is 0 Å². The van der Waals surface area contributed by atoms with Crippen LogP contribution in [0.4, 0.5) is 0 Å². The highest BCUT2D eigenvalue weighted by molar-refractivity contribution is 5.91. The highest BCUT2D eigenvalue weighted by atomic mass is 17.0. The van der Waals surface area contributed by atoms with E-state index in [1.165, 1.54) is 0 Å². The monoisotopic (exact) mass is 466 g/mol. The van der Waals surface area contributed by atoms with Gasteiger partial charge in [0.25, 0.3) is 5.09 Å². The Morgan fingerprint density at radius 3 is 2.52 bits per heavy atom. The van der Waals surface area contributed by atoms with Gasteiger partial charge in [0.15, 0.2) is 12.2 Å². The topological polar surface area (TPSA) is 127 Å². The normalized spacial score (nSPS) is 24.8. The molecule has 0 radical (unpaired) electrons. The Morgan fingerprint density at radius 2 is 1.85 bits per heavy atom. The number of esters is 2. The minimum absolute atomic E-state index is 0.0259. The van der Waals surface area contributed by atoms with Crippen molar-refractivity contribution in [2.45, 2.75) is 56.7 Å². The molecule has 5 atom stereocenters. The van der Waals surface area contributed by atoms with E-state index in [1.807, 2.05) is 6.92 Å². The summed E-state index contributed by atoms with van der Waals surface area (Å²) in [6, 6.07) is 6.86. The quantitative estimate of drug-likeness (QED) is 0.271. The largest absolute Gasteiger partial charge is 0.457 e. The van der Waals surface area contributed by atoms with E-state index < -0.39 is 41.6 Å². The summed E-state index contributed by atoms with van der Waals surface area (Å²) in [5.74, 6) is -0.986. The standard InChI is InChI=1S/C22H30N2O9/c1-4-5-10-16(31-19(25)11-23(2)3)14-8-6-7-9-15(14)22(26)32-17-12-29-21-18(33-24(27)28)13-30-20(17)21/h6-9,16-18,20-21H,4-5,10-13H2,1-3H3/t16?,17?,18-,20-,21-/m1/s1. The summed E-state index contributed by atoms with van der Waals surface area (Å²) >= 11 is 0. The maximum Gasteiger partial charge on any atom is 0.339 e. The number of likely N-dealkylation sites (N-methyl/N-ethyl adjacent to an activating group) is 1. The van der Waals surface area contributed by atoms with Crippen molar-refractivity contribution in [3.05, 3.63) is 45.5 Å². The Morgan fingerprint density at radius 1 is 1.18 bits per heavy atom. The van der Waals surface area contributed by atoms with E-state index in [4.69, 9.17) is 18.9 Å². The molecule has 11 heteroatoms. The van der Waals surface area contributed by atoms with Crippen LogP contribution in [0.15, 0.2) is 24.3 Å². The van der Waals surface area contributed by atoms with Gasteiger partial charge < -0.3 is 23.8 Å². The third kappa shape index (κ3) is 6.40. The number of fused-ring (bicyclic) bond motifs is 1. The Hall–Kier alpha value is -2.76. The number of carbonyl (C=O) groups is 2. The highest BCUT2D eigenvalue weighted by Gasteiger charge is 2.51. The third-order valence-corrected chi connectivity index (χ3v) is 5.51. The predicted molar refractivity (Wildman–Crippen MR) is 114 cm³/mol. The molecule has 2 fully saturated rings. The molecule has 3 rings (SSSR count). The number of unbranched alkanes of at least 4 members (excludes halogenated alkanes) is 1. The van der Waals surface area contributed by atoms with E-state index in [0.717, 1.165) is 12.8 Å². The van der Waals surface area contributed by atoms with E-state index in [2.05, 4.69) is 4.84 Å². The molecule has 33 heavy (non-hydrogen) atoms. The lowest BCUT2D eigenvalue weighted by Gasteiger charge is -2.23. The lowest BCUT2D eigenvalue weighted by Crippen LogP contribution is -2.36. The first-order valence-electron chi connectivity index (χ1n) is 11.0. The van der Waals surface area contributed by atoms with Crippen LogP contribution in [-0.2, 0) is 28.6 Å². The fourth-order valence-electron chi connectivity index (χ4n) is 4.02. The maximum absolute atomic E-state index is 13.1. The predicted octanol–water partition coefficient (Wildman–Crippen LogP) is 1.92. The minimum atomic E-state index is -0.886. The Kier molecular flexibility index (Phi) is 8.59. The van der Waals surface area contributed by atoms with E-state index in [-0.39, 0.29) is 31.3 Å². The first-order chi connectivity index (χ1) is 15.8. The summed E-state index contributed by atoms with van der Waals surface area (Å²) in [6.07, 6.45) is -1.24. The number of rotatable bonds is 11. The van der Waals surface area contributed by atoms with Crippen LogP contribution in [0.25, 0.3) is 0 Å². The van der Waals surface area contributed by atoms with Crippen molar-refractivity contribution < 1.29 is 38.5 Å². The van der Waals surface area contributed by atoms with Crippen molar-refractivity contribution in [2.24, 2.45) is 0 Å². The van der Waals surface area contributed by atoms with Gasteiger partial charge in [-0.15, -0.1) is 10.1 Å². The van der Waals surface area contributed by atoms with Crippen LogP contribution < -0.4 is 0 Å². The molecule has 0 saturated carbocycles. The number of carbonyl (C=O) groups excluding carboxylic acids is 2. The molecule has 2 aliphatic heterocycles. The minimum Gasteiger partial charge on any atom is -0.457 e. The molecule has 0 aliphatic carbocycles. The maximum atomic E-state index is 13.1. The van der Waals surface area contributed by atoms with E-state index >= 15 is 0 Å². The van der Waals surface area contributed by atoms with Crippen molar-refractivity contribution >= 4 is 11.9 Å². The second-order valence-corrected chi connectivity index (χ2v) is 8.35. The molecule has 2 aliphatic rings. The number of nitrogens with zero attached hydrogens (tertiary/aromatic N) is 2. The SMILES string of the molecule is CCCCC(OC(=O)CN(C)C)c1ccccc1C(=O)OC1CO[C@H]2[C@@H]1OC[C@H]2O[N+](=O)[O-]. The molecule has 2 heterocycles. The van der Waals surface area contributed by atoms with Crippen LogP contribution in [0.3, 0.4) is 0 Å². The number of hydrogen-bond acceptors (Lipinski definition) is 10. The first-order valence-corrected chi connectivity index (χ1v) is 11.0. The molecule has 0 aromatic heterocycles. The van der Waals surface area contributed by atoms with Crippen LogP contribution in [0, 0.1) is 10.1 Å². The van der Waals surface area contributed by atoms with Gasteiger partial charge in [0.1, 0.15) is 18.3 Å². The average Bonchev–Trinajstić information content (AvgIpc) is 3.33. The molecule has 2 saturated heterocycles.